The van der Waals surface area contributed by atoms with E-state index in [1.807, 2.05) is 30.3 Å². The first-order valence-electron chi connectivity index (χ1n) is 8.86. The zero-order chi connectivity index (χ0) is 17.5. The van der Waals surface area contributed by atoms with Crippen molar-refractivity contribution in [1.82, 2.24) is 19.9 Å². The van der Waals surface area contributed by atoms with Gasteiger partial charge in [0.1, 0.15) is 11.4 Å². The monoisotopic (exact) mass is 348 g/mol. The molecule has 0 spiro atoms. The molecule has 2 aliphatic rings. The predicted molar refractivity (Wildman–Crippen MR) is 101 cm³/mol. The molecule has 1 saturated carbocycles. The van der Waals surface area contributed by atoms with Crippen LogP contribution < -0.4 is 15.4 Å². The molecule has 1 fully saturated rings. The Hall–Kier alpha value is -3.09. The molecule has 7 heteroatoms. The van der Waals surface area contributed by atoms with E-state index in [-0.39, 0.29) is 0 Å². The normalized spacial score (nSPS) is 21.3. The van der Waals surface area contributed by atoms with Gasteiger partial charge in [0, 0.05) is 18.3 Å². The highest BCUT2D eigenvalue weighted by Crippen LogP contribution is 2.38. The molecule has 2 aromatic heterocycles. The summed E-state index contributed by atoms with van der Waals surface area (Å²) in [6, 6.07) is 13.4. The lowest BCUT2D eigenvalue weighted by molar-refractivity contribution is 0.227. The highest BCUT2D eigenvalue weighted by Gasteiger charge is 2.34. The highest BCUT2D eigenvalue weighted by molar-refractivity contribution is 5.93. The van der Waals surface area contributed by atoms with Crippen molar-refractivity contribution in [3.63, 3.8) is 0 Å². The lowest BCUT2D eigenvalue weighted by Crippen LogP contribution is -2.47. The van der Waals surface area contributed by atoms with Crippen LogP contribution in [0.3, 0.4) is 0 Å². The van der Waals surface area contributed by atoms with E-state index in [4.69, 9.17) is 9.73 Å². The fraction of sp³-hybridized carbons (Fsp3) is 0.316. The summed E-state index contributed by atoms with van der Waals surface area (Å²) in [5.41, 5.74) is 3.84. The van der Waals surface area contributed by atoms with Gasteiger partial charge >= 0.3 is 0 Å². The molecule has 26 heavy (non-hydrogen) atoms. The molecular weight excluding hydrogens is 328 g/mol. The third-order valence-electron chi connectivity index (χ3n) is 5.05. The lowest BCUT2D eigenvalue weighted by Gasteiger charge is -2.38. The van der Waals surface area contributed by atoms with Crippen LogP contribution in [0.4, 0.5) is 11.4 Å². The Morgan fingerprint density at radius 3 is 2.96 bits per heavy atom. The van der Waals surface area contributed by atoms with E-state index in [0.717, 1.165) is 47.8 Å². The Labute approximate surface area is 151 Å². The number of imidazole rings is 1. The van der Waals surface area contributed by atoms with Gasteiger partial charge in [0.2, 0.25) is 0 Å². The van der Waals surface area contributed by atoms with Crippen LogP contribution in [0.25, 0.3) is 11.2 Å². The van der Waals surface area contributed by atoms with Gasteiger partial charge in [0.25, 0.3) is 6.01 Å². The molecule has 7 nitrogen and oxygen atoms in total. The first-order chi connectivity index (χ1) is 12.8. The minimum Gasteiger partial charge on any atom is -0.468 e. The van der Waals surface area contributed by atoms with Crippen molar-refractivity contribution < 1.29 is 4.74 Å². The minimum absolute atomic E-state index is 0.340. The fourth-order valence-electron chi connectivity index (χ4n) is 3.70. The van der Waals surface area contributed by atoms with Crippen LogP contribution in [-0.2, 0) is 0 Å². The number of nitrogens with one attached hydrogen (secondary N) is 2. The summed E-state index contributed by atoms with van der Waals surface area (Å²) in [6.07, 6.45) is 3.80. The van der Waals surface area contributed by atoms with Crippen LogP contribution in [0.1, 0.15) is 18.9 Å². The maximum Gasteiger partial charge on any atom is 0.298 e. The zero-order valence-corrected chi connectivity index (χ0v) is 14.5. The number of anilines is 1. The zero-order valence-electron chi connectivity index (χ0n) is 14.5. The van der Waals surface area contributed by atoms with E-state index >= 15 is 0 Å². The van der Waals surface area contributed by atoms with Gasteiger partial charge < -0.3 is 15.4 Å². The third kappa shape index (κ3) is 2.47. The van der Waals surface area contributed by atoms with Gasteiger partial charge in [-0.2, -0.15) is 4.98 Å². The van der Waals surface area contributed by atoms with Gasteiger partial charge in [-0.25, -0.2) is 9.98 Å². The fourth-order valence-corrected chi connectivity index (χ4v) is 3.70. The van der Waals surface area contributed by atoms with Gasteiger partial charge in [0.15, 0.2) is 5.65 Å². The van der Waals surface area contributed by atoms with Crippen molar-refractivity contribution in [3.05, 3.63) is 42.6 Å². The Kier molecular flexibility index (Phi) is 3.51. The number of nitrogens with zero attached hydrogens (tertiary/aromatic N) is 4. The second kappa shape index (κ2) is 6.01. The van der Waals surface area contributed by atoms with Crippen molar-refractivity contribution >= 4 is 28.4 Å². The summed E-state index contributed by atoms with van der Waals surface area (Å²) in [4.78, 5) is 13.7. The van der Waals surface area contributed by atoms with E-state index < -0.39 is 0 Å². The Balaban J connectivity index is 1.31. The number of rotatable bonds is 3. The molecular formula is C19H20N6O. The summed E-state index contributed by atoms with van der Waals surface area (Å²) in [5, 5.41) is 6.98. The molecule has 0 saturated heterocycles. The summed E-state index contributed by atoms with van der Waals surface area (Å²) < 4.78 is 7.58. The number of para-hydroxylation sites is 2. The first kappa shape index (κ1) is 15.2. The van der Waals surface area contributed by atoms with Crippen LogP contribution in [0.15, 0.2) is 47.6 Å². The number of methoxy groups -OCH3 is 1. The number of amidine groups is 1. The smallest absolute Gasteiger partial charge is 0.298 e. The Morgan fingerprint density at radius 1 is 1.19 bits per heavy atom. The molecule has 1 aliphatic heterocycles. The number of fused-ring (bicyclic) bond motifs is 2. The second-order valence-electron chi connectivity index (χ2n) is 6.71. The summed E-state index contributed by atoms with van der Waals surface area (Å²) in [7, 11) is 1.66. The minimum atomic E-state index is 0.340. The van der Waals surface area contributed by atoms with Gasteiger partial charge in [-0.15, -0.1) is 0 Å². The molecule has 5 rings (SSSR count). The molecule has 3 aromatic rings. The molecule has 1 aliphatic carbocycles. The number of aromatic nitrogens is 3. The summed E-state index contributed by atoms with van der Waals surface area (Å²) >= 11 is 0. The molecule has 0 radical (unpaired) electrons. The number of benzene rings is 1. The van der Waals surface area contributed by atoms with Crippen molar-refractivity contribution in [2.75, 3.05) is 19.0 Å². The van der Waals surface area contributed by atoms with E-state index in [2.05, 4.69) is 31.2 Å². The van der Waals surface area contributed by atoms with Crippen molar-refractivity contribution in [2.24, 2.45) is 4.99 Å². The standard InChI is InChI=1S/C19H20N6O/c1-26-19-24-16-7-4-8-20-18(16)25(19)13-9-12(10-13)22-17-11-21-14-5-2-3-6-15(14)23-17/h2-8,12-13,21H,9-11H2,1H3,(H,22,23)/t12-,13-. The summed E-state index contributed by atoms with van der Waals surface area (Å²) in [6.45, 7) is 0.733. The average Bonchev–Trinajstić information content (AvgIpc) is 3.02. The van der Waals surface area contributed by atoms with Gasteiger partial charge in [-0.3, -0.25) is 4.57 Å². The number of aliphatic imine (C=N–C) groups is 1. The Morgan fingerprint density at radius 2 is 2.08 bits per heavy atom. The maximum absolute atomic E-state index is 5.47. The molecule has 3 heterocycles. The molecule has 0 amide bonds. The molecule has 0 bridgehead atoms. The van der Waals surface area contributed by atoms with Crippen LogP contribution in [0.2, 0.25) is 0 Å². The second-order valence-corrected chi connectivity index (χ2v) is 6.71. The van der Waals surface area contributed by atoms with Crippen LogP contribution >= 0.6 is 0 Å². The van der Waals surface area contributed by atoms with Crippen molar-refractivity contribution in [1.29, 1.82) is 0 Å². The molecule has 0 atom stereocenters. The number of ether oxygens (including phenoxy) is 1. The van der Waals surface area contributed by atoms with Gasteiger partial charge in [-0.1, -0.05) is 12.1 Å². The number of hydrogen-bond acceptors (Lipinski definition) is 6. The van der Waals surface area contributed by atoms with Crippen LogP contribution in [0, 0.1) is 0 Å². The Bertz CT molecular complexity index is 989. The van der Waals surface area contributed by atoms with Crippen LogP contribution in [0.5, 0.6) is 6.01 Å². The molecule has 132 valence electrons. The SMILES string of the molecule is COc1nc2cccnc2n1[C@H]1C[C@H](NC2=Nc3ccccc3NC2)C1. The molecule has 1 aromatic carbocycles. The quantitative estimate of drug-likeness (QED) is 0.761. The van der Waals surface area contributed by atoms with Crippen LogP contribution in [-0.4, -0.2) is 40.1 Å². The first-order valence-corrected chi connectivity index (χ1v) is 8.86. The largest absolute Gasteiger partial charge is 0.468 e. The number of pyridine rings is 1. The van der Waals surface area contributed by atoms with Gasteiger partial charge in [0.05, 0.1) is 25.0 Å². The molecule has 0 unspecified atom stereocenters. The third-order valence-corrected chi connectivity index (χ3v) is 5.05. The predicted octanol–water partition coefficient (Wildman–Crippen LogP) is 2.89. The van der Waals surface area contributed by atoms with Crippen molar-refractivity contribution in [2.45, 2.75) is 24.9 Å². The lowest BCUT2D eigenvalue weighted by atomic mass is 9.86. The average molecular weight is 348 g/mol. The van der Waals surface area contributed by atoms with Crippen molar-refractivity contribution in [3.8, 4) is 6.01 Å². The highest BCUT2D eigenvalue weighted by atomic mass is 16.5. The maximum atomic E-state index is 5.47. The van der Waals surface area contributed by atoms with E-state index in [1.54, 1.807) is 13.3 Å². The van der Waals surface area contributed by atoms with Gasteiger partial charge in [-0.05, 0) is 37.1 Å². The molecule has 2 N–H and O–H groups in total. The number of hydrogen-bond donors (Lipinski definition) is 2. The van der Waals surface area contributed by atoms with E-state index in [0.29, 0.717) is 18.1 Å². The van der Waals surface area contributed by atoms with E-state index in [9.17, 15) is 0 Å². The topological polar surface area (TPSA) is 76.4 Å². The van der Waals surface area contributed by atoms with E-state index in [1.165, 1.54) is 0 Å². The summed E-state index contributed by atoms with van der Waals surface area (Å²) in [5.74, 6) is 0.993.